The van der Waals surface area contributed by atoms with E-state index in [9.17, 15) is 9.90 Å². The first kappa shape index (κ1) is 32.6. The second kappa shape index (κ2) is 15.5. The van der Waals surface area contributed by atoms with Gasteiger partial charge < -0.3 is 24.0 Å². The van der Waals surface area contributed by atoms with Crippen molar-refractivity contribution in [2.45, 2.75) is 19.8 Å². The van der Waals surface area contributed by atoms with Gasteiger partial charge in [0.2, 0.25) is 11.7 Å². The Morgan fingerprint density at radius 2 is 1.62 bits per heavy atom. The van der Waals surface area contributed by atoms with Crippen molar-refractivity contribution in [3.63, 3.8) is 0 Å². The molecular formula is C36H35ClN6O5. The van der Waals surface area contributed by atoms with E-state index in [0.29, 0.717) is 85.4 Å². The quantitative estimate of drug-likeness (QED) is 0.0686. The van der Waals surface area contributed by atoms with Gasteiger partial charge in [-0.1, -0.05) is 71.4 Å². The summed E-state index contributed by atoms with van der Waals surface area (Å²) in [6.07, 6.45) is 1.63. The van der Waals surface area contributed by atoms with Crippen LogP contribution in [0.25, 0.3) is 17.5 Å². The first-order chi connectivity index (χ1) is 23.4. The van der Waals surface area contributed by atoms with Crippen LogP contribution in [0, 0.1) is 0 Å². The van der Waals surface area contributed by atoms with Crippen molar-refractivity contribution in [2.75, 3.05) is 26.2 Å². The van der Waals surface area contributed by atoms with Gasteiger partial charge in [-0.3, -0.25) is 15.1 Å². The highest BCUT2D eigenvalue weighted by molar-refractivity contribution is 6.30. The van der Waals surface area contributed by atoms with Crippen molar-refractivity contribution >= 4 is 23.6 Å². The minimum Gasteiger partial charge on any atom is -0.507 e. The van der Waals surface area contributed by atoms with Crippen LogP contribution in [0.3, 0.4) is 0 Å². The number of ether oxygens (including phenoxy) is 2. The summed E-state index contributed by atoms with van der Waals surface area (Å²) in [6, 6.07) is 29.8. The van der Waals surface area contributed by atoms with Gasteiger partial charge in [-0.2, -0.15) is 4.98 Å². The lowest BCUT2D eigenvalue weighted by molar-refractivity contribution is -0.119. The maximum absolute atomic E-state index is 12.8. The molecule has 4 aromatic carbocycles. The molecule has 5 aromatic rings. The smallest absolute Gasteiger partial charge is 0.281 e. The molecule has 1 fully saturated rings. The van der Waals surface area contributed by atoms with Crippen LogP contribution < -0.4 is 20.7 Å². The second-order valence-corrected chi connectivity index (χ2v) is 11.6. The van der Waals surface area contributed by atoms with Gasteiger partial charge in [0.05, 0.1) is 6.54 Å². The van der Waals surface area contributed by atoms with E-state index in [0.717, 1.165) is 16.7 Å². The molecule has 0 saturated carbocycles. The molecule has 1 aliphatic rings. The van der Waals surface area contributed by atoms with E-state index in [-0.39, 0.29) is 5.75 Å². The number of aromatic nitrogens is 2. The SMILES string of the molecule is NNC(=O)C(=Cc1ccc(OCc2ccccc2)cc1O)N1CCN(Cc2nc(-c3ccccc3COc3ccc(Cl)cc3)no2)CC1. The number of nitrogens with one attached hydrogen (secondary N) is 1. The highest BCUT2D eigenvalue weighted by atomic mass is 35.5. The van der Waals surface area contributed by atoms with Crippen LogP contribution in [0.2, 0.25) is 5.02 Å². The van der Waals surface area contributed by atoms with Crippen LogP contribution in [0.5, 0.6) is 17.2 Å². The van der Waals surface area contributed by atoms with Gasteiger partial charge >= 0.3 is 0 Å². The van der Waals surface area contributed by atoms with E-state index < -0.39 is 5.91 Å². The summed E-state index contributed by atoms with van der Waals surface area (Å²) >= 11 is 5.98. The summed E-state index contributed by atoms with van der Waals surface area (Å²) in [4.78, 5) is 21.6. The summed E-state index contributed by atoms with van der Waals surface area (Å²) in [5.41, 5.74) is 5.82. The second-order valence-electron chi connectivity index (χ2n) is 11.2. The van der Waals surface area contributed by atoms with Crippen LogP contribution in [-0.2, 0) is 24.6 Å². The Morgan fingerprint density at radius 1 is 0.917 bits per heavy atom. The molecule has 0 atom stereocenters. The van der Waals surface area contributed by atoms with Crippen LogP contribution in [0.15, 0.2) is 107 Å². The molecule has 1 aliphatic heterocycles. The third-order valence-corrected chi connectivity index (χ3v) is 8.16. The molecule has 4 N–H and O–H groups in total. The lowest BCUT2D eigenvalue weighted by Crippen LogP contribution is -2.48. The predicted molar refractivity (Wildman–Crippen MR) is 182 cm³/mol. The Labute approximate surface area is 283 Å². The zero-order chi connectivity index (χ0) is 33.3. The van der Waals surface area contributed by atoms with Gasteiger partial charge in [0.15, 0.2) is 0 Å². The minimum absolute atomic E-state index is 0.00756. The van der Waals surface area contributed by atoms with Gasteiger partial charge in [0, 0.05) is 54.0 Å². The van der Waals surface area contributed by atoms with Crippen molar-refractivity contribution in [3.05, 3.63) is 130 Å². The van der Waals surface area contributed by atoms with Crippen molar-refractivity contribution in [3.8, 4) is 28.6 Å². The molecule has 0 bridgehead atoms. The number of phenols is 1. The maximum Gasteiger partial charge on any atom is 0.281 e. The summed E-state index contributed by atoms with van der Waals surface area (Å²) in [5.74, 6) is 7.28. The fourth-order valence-corrected chi connectivity index (χ4v) is 5.45. The lowest BCUT2D eigenvalue weighted by Gasteiger charge is -2.36. The number of carbonyl (C=O) groups excluding carboxylic acids is 1. The van der Waals surface area contributed by atoms with Crippen LogP contribution >= 0.6 is 11.6 Å². The maximum atomic E-state index is 12.8. The average molecular weight is 667 g/mol. The van der Waals surface area contributed by atoms with Gasteiger partial charge in [-0.25, -0.2) is 5.84 Å². The molecule has 12 heteroatoms. The zero-order valence-electron chi connectivity index (χ0n) is 26.1. The van der Waals surface area contributed by atoms with Gasteiger partial charge in [-0.05, 0) is 48.0 Å². The number of amides is 1. The number of rotatable bonds is 12. The average Bonchev–Trinajstić information content (AvgIpc) is 3.59. The number of nitrogens with two attached hydrogens (primary N) is 1. The van der Waals surface area contributed by atoms with Gasteiger partial charge in [0.25, 0.3) is 5.91 Å². The van der Waals surface area contributed by atoms with Crippen molar-refractivity contribution in [2.24, 2.45) is 5.84 Å². The first-order valence-electron chi connectivity index (χ1n) is 15.4. The topological polar surface area (TPSA) is 139 Å². The van der Waals surface area contributed by atoms with Gasteiger partial charge in [0.1, 0.15) is 36.2 Å². The molecular weight excluding hydrogens is 632 g/mol. The monoisotopic (exact) mass is 666 g/mol. The van der Waals surface area contributed by atoms with E-state index in [4.69, 9.17) is 31.4 Å². The molecule has 6 rings (SSSR count). The minimum atomic E-state index is -0.451. The zero-order valence-corrected chi connectivity index (χ0v) is 26.8. The third-order valence-electron chi connectivity index (χ3n) is 7.91. The summed E-state index contributed by atoms with van der Waals surface area (Å²) in [6.45, 7) is 3.53. The van der Waals surface area contributed by atoms with Crippen molar-refractivity contribution in [1.29, 1.82) is 0 Å². The number of nitrogens with zero attached hydrogens (tertiary/aromatic N) is 4. The molecule has 48 heavy (non-hydrogen) atoms. The molecule has 246 valence electrons. The Kier molecular flexibility index (Phi) is 10.5. The van der Waals surface area contributed by atoms with E-state index in [1.807, 2.05) is 71.6 Å². The molecule has 0 radical (unpaired) electrons. The fourth-order valence-electron chi connectivity index (χ4n) is 5.32. The number of aromatic hydroxyl groups is 1. The Bertz CT molecular complexity index is 1860. The van der Waals surface area contributed by atoms with E-state index >= 15 is 0 Å². The number of carbonyl (C=O) groups is 1. The number of hydrogen-bond donors (Lipinski definition) is 3. The highest BCUT2D eigenvalue weighted by Crippen LogP contribution is 2.28. The van der Waals surface area contributed by atoms with Gasteiger partial charge in [-0.15, -0.1) is 0 Å². The first-order valence-corrected chi connectivity index (χ1v) is 15.8. The fraction of sp³-hybridized carbons (Fsp3) is 0.194. The van der Waals surface area contributed by atoms with Crippen molar-refractivity contribution in [1.82, 2.24) is 25.4 Å². The Balaban J connectivity index is 1.06. The summed E-state index contributed by atoms with van der Waals surface area (Å²) in [7, 11) is 0. The predicted octanol–water partition coefficient (Wildman–Crippen LogP) is 5.40. The molecule has 0 spiro atoms. The molecule has 11 nitrogen and oxygen atoms in total. The number of piperazine rings is 1. The number of hydrazine groups is 1. The molecule has 1 amide bonds. The standard InChI is InChI=1S/C36H35ClN6O5/c37-28-11-14-29(15-12-28)47-24-27-8-4-5-9-31(27)35-39-34(48-41-35)22-42-16-18-43(19-17-42)32(36(45)40-38)20-26-10-13-30(21-33(26)44)46-23-25-6-2-1-3-7-25/h1-15,20-21,44H,16-19,22-24,38H2,(H,40,45). The van der Waals surface area contributed by atoms with Crippen LogP contribution in [0.4, 0.5) is 0 Å². The highest BCUT2D eigenvalue weighted by Gasteiger charge is 2.25. The molecule has 2 heterocycles. The molecule has 0 unspecified atom stereocenters. The normalized spacial score (nSPS) is 13.7. The van der Waals surface area contributed by atoms with Crippen molar-refractivity contribution < 1.29 is 23.9 Å². The number of hydrogen-bond acceptors (Lipinski definition) is 10. The van der Waals surface area contributed by atoms with E-state index in [1.54, 1.807) is 30.3 Å². The van der Waals surface area contributed by atoms with Crippen LogP contribution in [-0.4, -0.2) is 57.1 Å². The molecule has 1 saturated heterocycles. The Morgan fingerprint density at radius 3 is 2.38 bits per heavy atom. The summed E-state index contributed by atoms with van der Waals surface area (Å²) in [5, 5.41) is 15.6. The molecule has 1 aromatic heterocycles. The largest absolute Gasteiger partial charge is 0.507 e. The number of halogens is 1. The third kappa shape index (κ3) is 8.31. The lowest BCUT2D eigenvalue weighted by atomic mass is 10.1. The Hall–Kier alpha value is -5.36. The van der Waals surface area contributed by atoms with E-state index in [1.165, 1.54) is 6.07 Å². The van der Waals surface area contributed by atoms with E-state index in [2.05, 4.69) is 20.5 Å². The number of phenolic OH excluding ortho intramolecular Hbond substituents is 1. The summed E-state index contributed by atoms with van der Waals surface area (Å²) < 4.78 is 17.4. The van der Waals surface area contributed by atoms with Crippen LogP contribution in [0.1, 0.15) is 22.6 Å². The molecule has 0 aliphatic carbocycles. The number of benzene rings is 4.